The highest BCUT2D eigenvalue weighted by Gasteiger charge is 2.33. The molecule has 1 aliphatic rings. The third-order valence-corrected chi connectivity index (χ3v) is 3.60. The Balaban J connectivity index is 1.96. The molecule has 2 amide bonds. The second-order valence-electron chi connectivity index (χ2n) is 5.47. The first-order chi connectivity index (χ1) is 10.7. The van der Waals surface area contributed by atoms with Crippen LogP contribution in [0.5, 0.6) is 0 Å². The van der Waals surface area contributed by atoms with E-state index in [1.54, 1.807) is 6.07 Å². The number of nitrogens with zero attached hydrogens (tertiary/aromatic N) is 1. The predicted molar refractivity (Wildman–Crippen MR) is 73.6 cm³/mol. The average molecular weight is 332 g/mol. The van der Waals surface area contributed by atoms with Gasteiger partial charge in [0.15, 0.2) is 0 Å². The zero-order valence-corrected chi connectivity index (χ0v) is 12.2. The van der Waals surface area contributed by atoms with Crippen LogP contribution in [0.2, 0.25) is 0 Å². The van der Waals surface area contributed by atoms with Crippen LogP contribution >= 0.6 is 0 Å². The molecule has 1 unspecified atom stereocenters. The van der Waals surface area contributed by atoms with Gasteiger partial charge < -0.3 is 10.2 Å². The topological polar surface area (TPSA) is 49.4 Å². The number of likely N-dealkylation sites (tertiary alicyclic amines) is 1. The molecule has 0 bridgehead atoms. The van der Waals surface area contributed by atoms with E-state index >= 15 is 0 Å². The van der Waals surface area contributed by atoms with Gasteiger partial charge in [-0.2, -0.15) is 13.2 Å². The zero-order valence-electron chi connectivity index (χ0n) is 12.2. The number of carbonyl (C=O) groups excluding carboxylic acids is 2. The molecule has 1 N–H and O–H groups in total. The van der Waals surface area contributed by atoms with E-state index in [-0.39, 0.29) is 31.8 Å². The van der Waals surface area contributed by atoms with Gasteiger partial charge in [0.05, 0.1) is 5.92 Å². The number of alkyl halides is 3. The average Bonchev–Trinajstić information content (AvgIpc) is 2.46. The van der Waals surface area contributed by atoms with Crippen LogP contribution in [0.15, 0.2) is 24.3 Å². The molecule has 0 aromatic heterocycles. The number of hydrogen-bond donors (Lipinski definition) is 1. The first kappa shape index (κ1) is 17.2. The largest absolute Gasteiger partial charge is 0.405 e. The minimum atomic E-state index is -4.47. The summed E-state index contributed by atoms with van der Waals surface area (Å²) in [6.45, 7) is -1.24. The predicted octanol–water partition coefficient (Wildman–Crippen LogP) is 2.24. The van der Waals surface area contributed by atoms with E-state index in [1.807, 2.05) is 5.32 Å². The van der Waals surface area contributed by atoms with Crippen LogP contribution < -0.4 is 5.32 Å². The van der Waals surface area contributed by atoms with Crippen molar-refractivity contribution in [3.8, 4) is 0 Å². The quantitative estimate of drug-likeness (QED) is 0.860. The Kier molecular flexibility index (Phi) is 5.23. The Morgan fingerprint density at radius 1 is 1.35 bits per heavy atom. The molecule has 1 heterocycles. The summed E-state index contributed by atoms with van der Waals surface area (Å²) in [5.41, 5.74) is 0.565. The van der Waals surface area contributed by atoms with Crippen LogP contribution in [0.3, 0.4) is 0 Å². The maximum absolute atomic E-state index is 13.2. The number of rotatable bonds is 4. The standard InChI is InChI=1S/C15H16F4N2O2/c16-12-3-1-2-10(6-12)7-21-8-11(4-5-13(21)22)14(23)20-9-15(17,18)19/h1-3,6,11H,4-5,7-9H2,(H,20,23). The summed E-state index contributed by atoms with van der Waals surface area (Å²) < 4.78 is 49.6. The molecule has 0 spiro atoms. The number of nitrogens with one attached hydrogen (secondary N) is 1. The number of hydrogen-bond acceptors (Lipinski definition) is 2. The summed E-state index contributed by atoms with van der Waals surface area (Å²) in [5, 5.41) is 1.84. The maximum Gasteiger partial charge on any atom is 0.405 e. The zero-order chi connectivity index (χ0) is 17.0. The monoisotopic (exact) mass is 332 g/mol. The van der Waals surface area contributed by atoms with Gasteiger partial charge in [0.25, 0.3) is 0 Å². The van der Waals surface area contributed by atoms with Crippen LogP contribution in [0.25, 0.3) is 0 Å². The lowest BCUT2D eigenvalue weighted by molar-refractivity contribution is -0.145. The summed E-state index contributed by atoms with van der Waals surface area (Å²) in [4.78, 5) is 25.1. The second-order valence-corrected chi connectivity index (χ2v) is 5.47. The Hall–Kier alpha value is -2.12. The van der Waals surface area contributed by atoms with E-state index in [2.05, 4.69) is 0 Å². The van der Waals surface area contributed by atoms with Crippen molar-refractivity contribution in [2.45, 2.75) is 25.6 Å². The molecule has 23 heavy (non-hydrogen) atoms. The normalized spacial score (nSPS) is 18.9. The van der Waals surface area contributed by atoms with E-state index in [0.717, 1.165) is 0 Å². The van der Waals surface area contributed by atoms with E-state index in [4.69, 9.17) is 0 Å². The lowest BCUT2D eigenvalue weighted by atomic mass is 9.96. The molecule has 4 nitrogen and oxygen atoms in total. The third-order valence-electron chi connectivity index (χ3n) is 3.60. The van der Waals surface area contributed by atoms with Crippen LogP contribution in [-0.4, -0.2) is 36.0 Å². The summed E-state index contributed by atoms with van der Waals surface area (Å²) in [6.07, 6.45) is -4.18. The van der Waals surface area contributed by atoms with E-state index < -0.39 is 30.4 Å². The molecular formula is C15H16F4N2O2. The van der Waals surface area contributed by atoms with Gasteiger partial charge in [0, 0.05) is 19.5 Å². The minimum absolute atomic E-state index is 0.0268. The van der Waals surface area contributed by atoms with Gasteiger partial charge in [0.1, 0.15) is 12.4 Å². The van der Waals surface area contributed by atoms with Crippen molar-refractivity contribution < 1.29 is 27.2 Å². The molecule has 126 valence electrons. The van der Waals surface area contributed by atoms with Gasteiger partial charge in [-0.1, -0.05) is 12.1 Å². The Bertz CT molecular complexity index is 589. The molecule has 0 aliphatic carbocycles. The van der Waals surface area contributed by atoms with E-state index in [0.29, 0.717) is 5.56 Å². The molecule has 2 rings (SSSR count). The summed E-state index contributed by atoms with van der Waals surface area (Å²) in [5.74, 6) is -2.05. The number of halogens is 4. The first-order valence-electron chi connectivity index (χ1n) is 7.11. The molecule has 1 atom stereocenters. The van der Waals surface area contributed by atoms with Gasteiger partial charge in [-0.15, -0.1) is 0 Å². The van der Waals surface area contributed by atoms with Crippen molar-refractivity contribution in [1.29, 1.82) is 0 Å². The molecule has 1 aromatic carbocycles. The maximum atomic E-state index is 13.2. The van der Waals surface area contributed by atoms with Gasteiger partial charge in [0.2, 0.25) is 11.8 Å². The van der Waals surface area contributed by atoms with Crippen molar-refractivity contribution in [2.75, 3.05) is 13.1 Å². The minimum Gasteiger partial charge on any atom is -0.347 e. The fourth-order valence-electron chi connectivity index (χ4n) is 2.47. The highest BCUT2D eigenvalue weighted by Crippen LogP contribution is 2.21. The Labute approximate surface area is 130 Å². The fraction of sp³-hybridized carbons (Fsp3) is 0.467. The Morgan fingerprint density at radius 2 is 2.09 bits per heavy atom. The van der Waals surface area contributed by atoms with Crippen molar-refractivity contribution in [1.82, 2.24) is 10.2 Å². The first-order valence-corrected chi connectivity index (χ1v) is 7.11. The number of piperidine rings is 1. The van der Waals surface area contributed by atoms with Crippen molar-refractivity contribution in [3.05, 3.63) is 35.6 Å². The van der Waals surface area contributed by atoms with E-state index in [9.17, 15) is 27.2 Å². The molecular weight excluding hydrogens is 316 g/mol. The molecule has 8 heteroatoms. The molecule has 1 aliphatic heterocycles. The van der Waals surface area contributed by atoms with Crippen molar-refractivity contribution >= 4 is 11.8 Å². The van der Waals surface area contributed by atoms with Crippen molar-refractivity contribution in [2.24, 2.45) is 5.92 Å². The number of carbonyl (C=O) groups is 2. The SMILES string of the molecule is O=C(NCC(F)(F)F)C1CCC(=O)N(Cc2cccc(F)c2)C1. The second kappa shape index (κ2) is 6.97. The number of benzene rings is 1. The van der Waals surface area contributed by atoms with Crippen molar-refractivity contribution in [3.63, 3.8) is 0 Å². The number of amides is 2. The van der Waals surface area contributed by atoms with Gasteiger partial charge in [-0.25, -0.2) is 4.39 Å². The highest BCUT2D eigenvalue weighted by atomic mass is 19.4. The van der Waals surface area contributed by atoms with Gasteiger partial charge in [-0.05, 0) is 24.1 Å². The van der Waals surface area contributed by atoms with Gasteiger partial charge in [-0.3, -0.25) is 9.59 Å². The highest BCUT2D eigenvalue weighted by molar-refractivity contribution is 5.83. The molecule has 1 saturated heterocycles. The fourth-order valence-corrected chi connectivity index (χ4v) is 2.47. The summed E-state index contributed by atoms with van der Waals surface area (Å²) in [7, 11) is 0. The molecule has 0 saturated carbocycles. The van der Waals surface area contributed by atoms with Crippen LogP contribution in [0.1, 0.15) is 18.4 Å². The van der Waals surface area contributed by atoms with E-state index in [1.165, 1.54) is 23.1 Å². The smallest absolute Gasteiger partial charge is 0.347 e. The summed E-state index contributed by atoms with van der Waals surface area (Å²) in [6, 6.07) is 5.70. The lowest BCUT2D eigenvalue weighted by Gasteiger charge is -2.32. The van der Waals surface area contributed by atoms with Crippen LogP contribution in [0, 0.1) is 11.7 Å². The summed E-state index contributed by atoms with van der Waals surface area (Å²) >= 11 is 0. The lowest BCUT2D eigenvalue weighted by Crippen LogP contribution is -2.46. The van der Waals surface area contributed by atoms with Gasteiger partial charge >= 0.3 is 6.18 Å². The molecule has 1 aromatic rings. The molecule has 0 radical (unpaired) electrons. The third kappa shape index (κ3) is 5.22. The Morgan fingerprint density at radius 3 is 2.74 bits per heavy atom. The molecule has 1 fully saturated rings. The van der Waals surface area contributed by atoms with Crippen LogP contribution in [-0.2, 0) is 16.1 Å². The van der Waals surface area contributed by atoms with Crippen LogP contribution in [0.4, 0.5) is 17.6 Å².